The molecule has 1 amide bonds. The first-order valence-electron chi connectivity index (χ1n) is 10.2. The van der Waals surface area contributed by atoms with Gasteiger partial charge in [-0.2, -0.15) is 0 Å². The lowest BCUT2D eigenvalue weighted by Crippen LogP contribution is -2.54. The molecule has 2 rings (SSSR count). The van der Waals surface area contributed by atoms with Crippen molar-refractivity contribution in [2.75, 3.05) is 13.1 Å². The van der Waals surface area contributed by atoms with Crippen LogP contribution in [0.1, 0.15) is 59.4 Å². The summed E-state index contributed by atoms with van der Waals surface area (Å²) < 4.78 is 48.7. The second-order valence-electron chi connectivity index (χ2n) is 10.6. The number of amides is 1. The van der Waals surface area contributed by atoms with Crippen LogP contribution in [0, 0.1) is 5.82 Å². The number of ether oxygens (including phenoxy) is 1. The normalized spacial score (nSPS) is 18.6. The van der Waals surface area contributed by atoms with Crippen LogP contribution in [-0.4, -0.2) is 46.3 Å². The van der Waals surface area contributed by atoms with Gasteiger partial charge < -0.3 is 9.64 Å². The smallest absolute Gasteiger partial charge is 0.410 e. The summed E-state index contributed by atoms with van der Waals surface area (Å²) in [7, 11) is -6.35. The summed E-state index contributed by atoms with van der Waals surface area (Å²) in [6.07, 6.45) is 0.288. The van der Waals surface area contributed by atoms with Gasteiger partial charge in [0.2, 0.25) is 10.0 Å². The minimum atomic E-state index is -3.96. The number of sulfonamides is 1. The number of likely N-dealkylation sites (tertiary alicyclic amines) is 1. The van der Waals surface area contributed by atoms with Crippen molar-refractivity contribution in [3.05, 3.63) is 29.6 Å². The Labute approximate surface area is 181 Å². The van der Waals surface area contributed by atoms with E-state index >= 15 is 0 Å². The van der Waals surface area contributed by atoms with Gasteiger partial charge in [0.25, 0.3) is 0 Å². The fraction of sp³-hybridized carbons (Fsp3) is 0.667. The molecule has 1 unspecified atom stereocenters. The second kappa shape index (κ2) is 8.24. The van der Waals surface area contributed by atoms with Gasteiger partial charge in [0.1, 0.15) is 24.5 Å². The molecule has 0 spiro atoms. The molecule has 1 heterocycles. The van der Waals surface area contributed by atoms with E-state index in [-0.39, 0.29) is 21.9 Å². The Morgan fingerprint density at radius 1 is 1.20 bits per heavy atom. The lowest BCUT2D eigenvalue weighted by molar-refractivity contribution is 0.0292. The van der Waals surface area contributed by atoms with Crippen LogP contribution in [0.15, 0.2) is 23.1 Å². The summed E-state index contributed by atoms with van der Waals surface area (Å²) in [5.41, 5.74) is 0.110. The van der Waals surface area contributed by atoms with Gasteiger partial charge in [-0.25, -0.2) is 22.0 Å². The molecule has 0 saturated carbocycles. The molecule has 0 aliphatic carbocycles. The van der Waals surface area contributed by atoms with E-state index in [1.165, 1.54) is 12.1 Å². The molecular weight excluding hydrogens is 423 g/mol. The molecule has 1 aromatic rings. The maximum atomic E-state index is 14.8. The van der Waals surface area contributed by atoms with Crippen molar-refractivity contribution < 1.29 is 22.3 Å². The third-order valence-electron chi connectivity index (χ3n) is 5.82. The maximum absolute atomic E-state index is 14.8. The fourth-order valence-electron chi connectivity index (χ4n) is 3.06. The largest absolute Gasteiger partial charge is 0.444 e. The molecule has 1 fully saturated rings. The number of hydrogen-bond acceptors (Lipinski definition) is 4. The molecule has 1 N–H and O–H groups in total. The highest BCUT2D eigenvalue weighted by molar-refractivity contribution is 7.91. The number of halogens is 1. The highest BCUT2D eigenvalue weighted by atomic mass is 32.2. The second-order valence-corrected chi connectivity index (χ2v) is 17.6. The zero-order valence-corrected chi connectivity index (χ0v) is 21.1. The monoisotopic (exact) mass is 458 g/mol. The lowest BCUT2D eigenvalue weighted by atomic mass is 9.98. The third-order valence-corrected chi connectivity index (χ3v) is 13.6. The Hall–Kier alpha value is -1.45. The molecule has 6 nitrogen and oxygen atoms in total. The third kappa shape index (κ3) is 5.82. The first kappa shape index (κ1) is 24.8. The Bertz CT molecular complexity index is 905. The zero-order chi connectivity index (χ0) is 23.1. The number of rotatable bonds is 4. The van der Waals surface area contributed by atoms with Crippen molar-refractivity contribution in [1.82, 2.24) is 9.29 Å². The molecule has 1 aliphatic rings. The number of hydrogen-bond donors (Lipinski definition) is 1. The summed E-state index contributed by atoms with van der Waals surface area (Å²) in [4.78, 5) is 13.5. The van der Waals surface area contributed by atoms with Crippen LogP contribution in [0.25, 0.3) is 0 Å². The van der Waals surface area contributed by atoms with Gasteiger partial charge in [-0.3, -0.25) is 0 Å². The molecule has 1 saturated heterocycles. The average Bonchev–Trinajstić information content (AvgIpc) is 3.00. The molecule has 1 atom stereocenters. The predicted octanol–water partition coefficient (Wildman–Crippen LogP) is 4.83. The number of carbonyl (C=O) groups excluding carboxylic acids is 1. The van der Waals surface area contributed by atoms with Gasteiger partial charge in [0.15, 0.2) is 0 Å². The molecule has 1 aliphatic heterocycles. The molecular formula is C21H35FN2O4SSi. The Morgan fingerprint density at radius 3 is 2.30 bits per heavy atom. The summed E-state index contributed by atoms with van der Waals surface area (Å²) in [6.45, 7) is 16.2. The first-order valence-corrected chi connectivity index (χ1v) is 14.7. The summed E-state index contributed by atoms with van der Waals surface area (Å²) in [6, 6.07) is 4.26. The molecule has 9 heteroatoms. The van der Waals surface area contributed by atoms with E-state index in [1.807, 2.05) is 54.6 Å². The quantitative estimate of drug-likeness (QED) is 0.656. The van der Waals surface area contributed by atoms with Crippen LogP contribution in [0.3, 0.4) is 0 Å². The van der Waals surface area contributed by atoms with Crippen molar-refractivity contribution in [2.24, 2.45) is 0 Å². The van der Waals surface area contributed by atoms with Gasteiger partial charge >= 0.3 is 6.09 Å². The molecule has 30 heavy (non-hydrogen) atoms. The van der Waals surface area contributed by atoms with Gasteiger partial charge in [-0.15, -0.1) is 0 Å². The van der Waals surface area contributed by atoms with Crippen molar-refractivity contribution >= 4 is 24.4 Å². The van der Waals surface area contributed by atoms with E-state index in [2.05, 4.69) is 4.39 Å². The molecule has 0 bridgehead atoms. The molecule has 0 radical (unpaired) electrons. The Kier molecular flexibility index (Phi) is 6.81. The number of benzene rings is 1. The molecule has 0 aromatic heterocycles. The Morgan fingerprint density at radius 2 is 1.80 bits per heavy atom. The molecule has 1 aromatic carbocycles. The summed E-state index contributed by atoms with van der Waals surface area (Å²) in [5, 5.41) is -0.217. The van der Waals surface area contributed by atoms with Crippen molar-refractivity contribution in [2.45, 2.75) is 82.5 Å². The summed E-state index contributed by atoms with van der Waals surface area (Å²) >= 11 is 0. The van der Waals surface area contributed by atoms with Crippen LogP contribution in [0.4, 0.5) is 9.18 Å². The topological polar surface area (TPSA) is 75.7 Å². The SMILES string of the molecule is CC(C)(C)OC(=O)N1CCC(c2ccc(S(=O)(=O)N[Si](C)(C)C(C)(C)C)c(F)c2)C1. The first-order chi connectivity index (χ1) is 13.4. The maximum Gasteiger partial charge on any atom is 0.410 e. The number of nitrogens with zero attached hydrogens (tertiary/aromatic N) is 1. The van der Waals surface area contributed by atoms with Gasteiger partial charge in [0.05, 0.1) is 0 Å². The van der Waals surface area contributed by atoms with Crippen LogP contribution in [-0.2, 0) is 14.8 Å². The van der Waals surface area contributed by atoms with Crippen molar-refractivity contribution in [3.8, 4) is 0 Å². The van der Waals surface area contributed by atoms with Gasteiger partial charge in [0, 0.05) is 19.0 Å². The minimum absolute atomic E-state index is 0.0582. The van der Waals surface area contributed by atoms with Crippen molar-refractivity contribution in [3.63, 3.8) is 0 Å². The van der Waals surface area contributed by atoms with Crippen LogP contribution in [0.2, 0.25) is 18.1 Å². The highest BCUT2D eigenvalue weighted by Gasteiger charge is 2.40. The number of carbonyl (C=O) groups is 1. The van der Waals surface area contributed by atoms with E-state index in [9.17, 15) is 17.6 Å². The van der Waals surface area contributed by atoms with E-state index in [0.717, 1.165) is 0 Å². The molecule has 170 valence electrons. The zero-order valence-electron chi connectivity index (χ0n) is 19.3. The lowest BCUT2D eigenvalue weighted by Gasteiger charge is -2.36. The average molecular weight is 459 g/mol. The van der Waals surface area contributed by atoms with Gasteiger partial charge in [-0.05, 0) is 49.9 Å². The fourth-order valence-corrected chi connectivity index (χ4v) is 7.97. The van der Waals surface area contributed by atoms with Crippen molar-refractivity contribution in [1.29, 1.82) is 0 Å². The van der Waals surface area contributed by atoms with Gasteiger partial charge in [-0.1, -0.05) is 39.9 Å². The van der Waals surface area contributed by atoms with Crippen LogP contribution in [0.5, 0.6) is 0 Å². The van der Waals surface area contributed by atoms with E-state index in [4.69, 9.17) is 4.74 Å². The van der Waals surface area contributed by atoms with Crippen LogP contribution < -0.4 is 4.39 Å². The van der Waals surface area contributed by atoms with E-state index < -0.39 is 29.7 Å². The minimum Gasteiger partial charge on any atom is -0.444 e. The predicted molar refractivity (Wildman–Crippen MR) is 119 cm³/mol. The van der Waals surface area contributed by atoms with E-state index in [0.29, 0.717) is 25.1 Å². The standard InChI is InChI=1S/C21H35FN2O4SSi/c1-20(2,3)28-19(25)24-12-11-16(14-24)15-9-10-18(17(22)13-15)29(26,27)23-30(7,8)21(4,5)6/h9-10,13,16,23H,11-12,14H2,1-8H3. The van der Waals surface area contributed by atoms with Crippen LogP contribution >= 0.6 is 0 Å². The highest BCUT2D eigenvalue weighted by Crippen LogP contribution is 2.35. The Balaban J connectivity index is 2.17. The summed E-state index contributed by atoms with van der Waals surface area (Å²) in [5.74, 6) is -0.827. The number of nitrogens with one attached hydrogen (secondary N) is 1. The van der Waals surface area contributed by atoms with E-state index in [1.54, 1.807) is 11.0 Å².